The fourth-order valence-corrected chi connectivity index (χ4v) is 5.06. The van der Waals surface area contributed by atoms with Crippen molar-refractivity contribution < 1.29 is 18.0 Å². The van der Waals surface area contributed by atoms with Gasteiger partial charge in [0.15, 0.2) is 5.82 Å². The van der Waals surface area contributed by atoms with E-state index in [-0.39, 0.29) is 18.0 Å². The molecule has 35 heavy (non-hydrogen) atoms. The lowest BCUT2D eigenvalue weighted by Gasteiger charge is -2.37. The van der Waals surface area contributed by atoms with Crippen molar-refractivity contribution >= 4 is 11.8 Å². The number of nitrogens with zero attached hydrogens (tertiary/aromatic N) is 4. The normalized spacial score (nSPS) is 17.7. The van der Waals surface area contributed by atoms with Crippen molar-refractivity contribution in [2.75, 3.05) is 31.1 Å². The molecule has 6 nitrogen and oxygen atoms in total. The van der Waals surface area contributed by atoms with Crippen LogP contribution >= 0.6 is 0 Å². The largest absolute Gasteiger partial charge is 0.416 e. The van der Waals surface area contributed by atoms with Crippen LogP contribution in [0.15, 0.2) is 24.3 Å². The van der Waals surface area contributed by atoms with Crippen LogP contribution in [0.2, 0.25) is 0 Å². The minimum absolute atomic E-state index is 0.00458. The molecule has 1 saturated carbocycles. The number of urea groups is 1. The lowest BCUT2D eigenvalue weighted by molar-refractivity contribution is -0.137. The van der Waals surface area contributed by atoms with Crippen molar-refractivity contribution in [2.24, 2.45) is 0 Å². The van der Waals surface area contributed by atoms with Gasteiger partial charge >= 0.3 is 12.2 Å². The molecular formula is C26H34F3N5O. The number of hydrogen-bond acceptors (Lipinski definition) is 4. The van der Waals surface area contributed by atoms with Gasteiger partial charge in [-0.1, -0.05) is 45.2 Å². The molecule has 0 unspecified atom stereocenters. The Kier molecular flexibility index (Phi) is 7.52. The number of alkyl halides is 3. The summed E-state index contributed by atoms with van der Waals surface area (Å²) in [6.45, 7) is 8.55. The Bertz CT molecular complexity index is 1020. The fourth-order valence-electron chi connectivity index (χ4n) is 5.06. The molecule has 1 saturated heterocycles. The van der Waals surface area contributed by atoms with E-state index < -0.39 is 11.7 Å². The summed E-state index contributed by atoms with van der Waals surface area (Å²) >= 11 is 0. The van der Waals surface area contributed by atoms with Crippen LogP contribution in [0.1, 0.15) is 68.7 Å². The highest BCUT2D eigenvalue weighted by Gasteiger charge is 2.31. The van der Waals surface area contributed by atoms with E-state index in [2.05, 4.69) is 29.0 Å². The first-order valence-corrected chi connectivity index (χ1v) is 12.5. The number of amides is 2. The van der Waals surface area contributed by atoms with Crippen LogP contribution < -0.4 is 10.2 Å². The first-order valence-electron chi connectivity index (χ1n) is 12.5. The van der Waals surface area contributed by atoms with Crippen LogP contribution in [-0.4, -0.2) is 53.1 Å². The lowest BCUT2D eigenvalue weighted by Crippen LogP contribution is -2.54. The third kappa shape index (κ3) is 5.87. The predicted octanol–water partition coefficient (Wildman–Crippen LogP) is 5.76. The summed E-state index contributed by atoms with van der Waals surface area (Å²) in [7, 11) is 0. The number of carbonyl (C=O) groups is 1. The third-order valence-electron chi connectivity index (χ3n) is 6.96. The highest BCUT2D eigenvalue weighted by Crippen LogP contribution is 2.33. The second-order valence-corrected chi connectivity index (χ2v) is 9.86. The maximum absolute atomic E-state index is 13.0. The van der Waals surface area contributed by atoms with Gasteiger partial charge in [0.05, 0.1) is 5.56 Å². The molecule has 190 valence electrons. The van der Waals surface area contributed by atoms with E-state index in [1.54, 1.807) is 0 Å². The number of nitrogens with one attached hydrogen (secondary N) is 1. The Morgan fingerprint density at radius 2 is 1.63 bits per heavy atom. The average molecular weight is 490 g/mol. The zero-order valence-corrected chi connectivity index (χ0v) is 20.7. The van der Waals surface area contributed by atoms with E-state index in [4.69, 9.17) is 4.98 Å². The smallest absolute Gasteiger partial charge is 0.353 e. The van der Waals surface area contributed by atoms with Crippen LogP contribution in [0.25, 0.3) is 11.4 Å². The molecule has 1 aliphatic heterocycles. The van der Waals surface area contributed by atoms with Crippen molar-refractivity contribution in [3.8, 4) is 11.4 Å². The number of piperazine rings is 1. The van der Waals surface area contributed by atoms with Gasteiger partial charge in [0.25, 0.3) is 0 Å². The summed E-state index contributed by atoms with van der Waals surface area (Å²) in [6, 6.07) is 5.25. The van der Waals surface area contributed by atoms with Gasteiger partial charge in [-0.15, -0.1) is 0 Å². The highest BCUT2D eigenvalue weighted by atomic mass is 19.4. The van der Waals surface area contributed by atoms with Crippen molar-refractivity contribution in [1.29, 1.82) is 0 Å². The highest BCUT2D eigenvalue weighted by molar-refractivity contribution is 5.75. The second-order valence-electron chi connectivity index (χ2n) is 9.86. The average Bonchev–Trinajstić information content (AvgIpc) is 2.83. The maximum Gasteiger partial charge on any atom is 0.416 e. The lowest BCUT2D eigenvalue weighted by atomic mass is 9.96. The molecule has 2 aliphatic rings. The molecule has 1 aromatic carbocycles. The molecule has 0 atom stereocenters. The van der Waals surface area contributed by atoms with Gasteiger partial charge in [0.1, 0.15) is 5.82 Å². The summed E-state index contributed by atoms with van der Waals surface area (Å²) in [5.41, 5.74) is 1.70. The quantitative estimate of drug-likeness (QED) is 0.593. The molecule has 1 aromatic heterocycles. The fraction of sp³-hybridized carbons (Fsp3) is 0.577. The number of carbonyl (C=O) groups excluding carboxylic acids is 1. The van der Waals surface area contributed by atoms with E-state index in [1.165, 1.54) is 31.4 Å². The standard InChI is InChI=1S/C26H34F3N5O/c1-17(2)22-18(3)30-23(19-9-11-20(12-10-19)26(27,28)29)32-24(22)33-13-15-34(16-14-33)25(35)31-21-7-5-4-6-8-21/h9-12,17,21H,4-8,13-16H2,1-3H3,(H,31,35). The van der Waals surface area contributed by atoms with Crippen molar-refractivity contribution in [1.82, 2.24) is 20.2 Å². The van der Waals surface area contributed by atoms with Crippen molar-refractivity contribution in [3.05, 3.63) is 41.1 Å². The Hall–Kier alpha value is -2.84. The summed E-state index contributed by atoms with van der Waals surface area (Å²) in [5, 5.41) is 3.19. The number of anilines is 1. The summed E-state index contributed by atoms with van der Waals surface area (Å²) < 4.78 is 39.0. The van der Waals surface area contributed by atoms with E-state index in [1.807, 2.05) is 11.8 Å². The minimum atomic E-state index is -4.38. The van der Waals surface area contributed by atoms with Crippen LogP contribution in [-0.2, 0) is 6.18 Å². The van der Waals surface area contributed by atoms with Gasteiger partial charge in [0.2, 0.25) is 0 Å². The number of halogens is 3. The SMILES string of the molecule is Cc1nc(-c2ccc(C(F)(F)F)cc2)nc(N2CCN(C(=O)NC3CCCCC3)CC2)c1C(C)C. The van der Waals surface area contributed by atoms with Gasteiger partial charge < -0.3 is 15.1 Å². The number of rotatable bonds is 4. The van der Waals surface area contributed by atoms with Crippen molar-refractivity contribution in [3.63, 3.8) is 0 Å². The van der Waals surface area contributed by atoms with Gasteiger partial charge in [-0.2, -0.15) is 13.2 Å². The monoisotopic (exact) mass is 489 g/mol. The Morgan fingerprint density at radius 1 is 1.00 bits per heavy atom. The molecule has 1 N–H and O–H groups in total. The molecule has 1 aliphatic carbocycles. The minimum Gasteiger partial charge on any atom is -0.353 e. The molecular weight excluding hydrogens is 455 g/mol. The molecule has 2 heterocycles. The van der Waals surface area contributed by atoms with Gasteiger partial charge in [-0.3, -0.25) is 0 Å². The first kappa shape index (κ1) is 25.3. The van der Waals surface area contributed by atoms with Crippen LogP contribution in [0, 0.1) is 6.92 Å². The molecule has 0 radical (unpaired) electrons. The molecule has 9 heteroatoms. The number of hydrogen-bond donors (Lipinski definition) is 1. The van der Waals surface area contributed by atoms with E-state index >= 15 is 0 Å². The molecule has 4 rings (SSSR count). The maximum atomic E-state index is 13.0. The van der Waals surface area contributed by atoms with Gasteiger partial charge in [0, 0.05) is 49.0 Å². The molecule has 2 aromatic rings. The summed E-state index contributed by atoms with van der Waals surface area (Å²) in [6.07, 6.45) is 1.31. The second kappa shape index (κ2) is 10.4. The Labute approximate surface area is 204 Å². The van der Waals surface area contributed by atoms with E-state index in [0.717, 1.165) is 42.0 Å². The predicted molar refractivity (Wildman–Crippen MR) is 130 cm³/mol. The first-order chi connectivity index (χ1) is 16.6. The zero-order valence-electron chi connectivity index (χ0n) is 20.7. The van der Waals surface area contributed by atoms with Crippen LogP contribution in [0.3, 0.4) is 0 Å². The van der Waals surface area contributed by atoms with Crippen LogP contribution in [0.4, 0.5) is 23.8 Å². The Balaban J connectivity index is 1.51. The number of benzene rings is 1. The third-order valence-corrected chi connectivity index (χ3v) is 6.96. The van der Waals surface area contributed by atoms with Crippen LogP contribution in [0.5, 0.6) is 0 Å². The molecule has 2 amide bonds. The molecule has 2 fully saturated rings. The number of aryl methyl sites for hydroxylation is 1. The van der Waals surface area contributed by atoms with Gasteiger partial charge in [-0.25, -0.2) is 14.8 Å². The van der Waals surface area contributed by atoms with Gasteiger partial charge in [-0.05, 0) is 37.8 Å². The molecule has 0 bridgehead atoms. The van der Waals surface area contributed by atoms with E-state index in [9.17, 15) is 18.0 Å². The summed E-state index contributed by atoms with van der Waals surface area (Å²) in [4.78, 5) is 26.2. The van der Waals surface area contributed by atoms with Crippen molar-refractivity contribution in [2.45, 2.75) is 71.0 Å². The molecule has 0 spiro atoms. The zero-order chi connectivity index (χ0) is 25.2. The Morgan fingerprint density at radius 3 is 2.20 bits per heavy atom. The summed E-state index contributed by atoms with van der Waals surface area (Å²) in [5.74, 6) is 1.39. The topological polar surface area (TPSA) is 61.4 Å². The number of aromatic nitrogens is 2. The van der Waals surface area contributed by atoms with E-state index in [0.29, 0.717) is 37.6 Å².